The van der Waals surface area contributed by atoms with Gasteiger partial charge in [-0.3, -0.25) is 0 Å². The van der Waals surface area contributed by atoms with Gasteiger partial charge in [0, 0.05) is 25.8 Å². The Balaban J connectivity index is 0. The molecule has 1 radical (unpaired) electrons. The summed E-state index contributed by atoms with van der Waals surface area (Å²) < 4.78 is 0. The molecule has 0 aliphatic rings. The van der Waals surface area contributed by atoms with Crippen LogP contribution in [0.25, 0.3) is 0 Å². The van der Waals surface area contributed by atoms with E-state index in [9.17, 15) is 0 Å². The maximum absolute atomic E-state index is 2.20. The van der Waals surface area contributed by atoms with Crippen molar-refractivity contribution in [1.82, 2.24) is 0 Å². The normalized spacial score (nSPS) is 8.69. The van der Waals surface area contributed by atoms with Gasteiger partial charge in [-0.15, -0.1) is 0 Å². The van der Waals surface area contributed by atoms with Crippen LogP contribution in [0, 0.1) is 14.9 Å². The minimum Gasteiger partial charge on any atom is -0.396 e. The van der Waals surface area contributed by atoms with Crippen LogP contribution in [0.4, 0.5) is 0 Å². The van der Waals surface area contributed by atoms with Gasteiger partial charge in [-0.25, -0.2) is 34.6 Å². The predicted octanol–water partition coefficient (Wildman–Crippen LogP) is 6.96. The van der Waals surface area contributed by atoms with Crippen molar-refractivity contribution in [3.63, 3.8) is 0 Å². The van der Waals surface area contributed by atoms with Crippen LogP contribution < -0.4 is 10.4 Å². The first-order valence-corrected chi connectivity index (χ1v) is 11.6. The van der Waals surface area contributed by atoms with Gasteiger partial charge in [0.25, 0.3) is 0 Å². The number of rotatable bonds is 6. The van der Waals surface area contributed by atoms with E-state index in [1.165, 1.54) is 47.2 Å². The molecule has 0 fully saturated rings. The maximum Gasteiger partial charge on any atom is 0 e. The number of hydrogen-bond donors (Lipinski definition) is 0. The molecule has 0 aliphatic carbocycles. The molecular formula is C30H38HfSi-5. The van der Waals surface area contributed by atoms with E-state index in [1.54, 1.807) is 0 Å². The molecule has 0 bridgehead atoms. The number of hydrogen-bond acceptors (Lipinski definition) is 0. The molecule has 0 aromatic heterocycles. The summed E-state index contributed by atoms with van der Waals surface area (Å²) in [7, 11) is 0.777. The van der Waals surface area contributed by atoms with E-state index < -0.39 is 0 Å². The standard InChI is InChI=1S/C12H10Si.2C8H11.2CH3.Hf/c1-3-7-11(8-4-1)13-12-9-5-2-6-10-12;2*1-2-5-8-6-3-4-7-8;;;/h1-10H;2*3-4,6-7H,2,5H2,1H3;2*1H3;/q5*-1;. The SMILES string of the molecule is CCC[c-]1cccc1.CCC[c-]1cccc1.[CH3-].[CH3-].[Hf].c1ccc([Si-]c2ccccc2)cc1. The molecule has 4 aromatic carbocycles. The molecule has 32 heavy (non-hydrogen) atoms. The minimum atomic E-state index is 0. The van der Waals surface area contributed by atoms with Crippen molar-refractivity contribution >= 4 is 19.9 Å². The summed E-state index contributed by atoms with van der Waals surface area (Å²) in [5.41, 5.74) is 2.93. The van der Waals surface area contributed by atoms with Gasteiger partial charge < -0.3 is 24.4 Å². The monoisotopic (exact) mass is 606 g/mol. The van der Waals surface area contributed by atoms with Gasteiger partial charge in [0.2, 0.25) is 0 Å². The molecule has 0 nitrogen and oxygen atoms in total. The molecule has 2 heteroatoms. The Morgan fingerprint density at radius 3 is 1.12 bits per heavy atom. The van der Waals surface area contributed by atoms with Crippen LogP contribution >= 0.6 is 0 Å². The summed E-state index contributed by atoms with van der Waals surface area (Å²) >= 11 is 0. The van der Waals surface area contributed by atoms with Crippen LogP contribution in [0.15, 0.2) is 109 Å². The van der Waals surface area contributed by atoms with E-state index >= 15 is 0 Å². The quantitative estimate of drug-likeness (QED) is 0.165. The number of aryl methyl sites for hydroxylation is 2. The third-order valence-electron chi connectivity index (χ3n) is 4.38. The van der Waals surface area contributed by atoms with Crippen molar-refractivity contribution in [2.75, 3.05) is 0 Å². The van der Waals surface area contributed by atoms with Gasteiger partial charge in [0.15, 0.2) is 0 Å². The summed E-state index contributed by atoms with van der Waals surface area (Å²) in [5.74, 6) is 0. The zero-order valence-corrected chi connectivity index (χ0v) is 24.8. The molecule has 0 heterocycles. The average molecular weight is 605 g/mol. The van der Waals surface area contributed by atoms with E-state index in [2.05, 4.69) is 123 Å². The van der Waals surface area contributed by atoms with Crippen molar-refractivity contribution in [3.05, 3.63) is 135 Å². The molecule has 0 saturated carbocycles. The van der Waals surface area contributed by atoms with E-state index in [-0.39, 0.29) is 40.7 Å². The molecule has 4 rings (SSSR count). The van der Waals surface area contributed by atoms with E-state index in [0.29, 0.717) is 0 Å². The van der Waals surface area contributed by atoms with Gasteiger partial charge in [-0.1, -0.05) is 100 Å². The topological polar surface area (TPSA) is 0 Å². The van der Waals surface area contributed by atoms with Gasteiger partial charge in [-0.05, 0) is 0 Å². The molecule has 0 atom stereocenters. The molecule has 0 amide bonds. The Morgan fingerprint density at radius 2 is 0.844 bits per heavy atom. The average Bonchev–Trinajstić information content (AvgIpc) is 3.46. The van der Waals surface area contributed by atoms with Gasteiger partial charge >= 0.3 is 0 Å². The Morgan fingerprint density at radius 1 is 0.531 bits per heavy atom. The summed E-state index contributed by atoms with van der Waals surface area (Å²) in [5, 5.41) is 2.79. The molecule has 171 valence electrons. The first kappa shape index (κ1) is 32.4. The zero-order chi connectivity index (χ0) is 20.6. The van der Waals surface area contributed by atoms with Crippen LogP contribution in [0.3, 0.4) is 0 Å². The maximum atomic E-state index is 2.20. The van der Waals surface area contributed by atoms with E-state index in [1.807, 2.05) is 0 Å². The smallest absolute Gasteiger partial charge is 0 e. The van der Waals surface area contributed by atoms with Crippen LogP contribution in [0.5, 0.6) is 0 Å². The van der Waals surface area contributed by atoms with Gasteiger partial charge in [0.1, 0.15) is 0 Å². The van der Waals surface area contributed by atoms with E-state index in [0.717, 1.165) is 9.52 Å². The van der Waals surface area contributed by atoms with Crippen molar-refractivity contribution in [2.45, 2.75) is 39.5 Å². The van der Waals surface area contributed by atoms with Crippen molar-refractivity contribution in [1.29, 1.82) is 0 Å². The van der Waals surface area contributed by atoms with Crippen LogP contribution in [-0.2, 0) is 38.7 Å². The molecule has 0 spiro atoms. The van der Waals surface area contributed by atoms with Crippen LogP contribution in [0.1, 0.15) is 37.8 Å². The summed E-state index contributed by atoms with van der Waals surface area (Å²) in [6.07, 6.45) is 4.97. The first-order valence-electron chi connectivity index (χ1n) is 10.6. The Kier molecular flexibility index (Phi) is 21.4. The fourth-order valence-corrected chi connectivity index (χ4v) is 4.00. The minimum absolute atomic E-state index is 0. The second-order valence-corrected chi connectivity index (χ2v) is 8.35. The molecule has 0 unspecified atom stereocenters. The van der Waals surface area contributed by atoms with Gasteiger partial charge in [0.05, 0.1) is 0 Å². The predicted molar refractivity (Wildman–Crippen MR) is 143 cm³/mol. The molecule has 0 aliphatic heterocycles. The largest absolute Gasteiger partial charge is 0.396 e. The molecule has 0 saturated heterocycles. The van der Waals surface area contributed by atoms with Crippen molar-refractivity contribution in [3.8, 4) is 0 Å². The molecular weight excluding hydrogens is 567 g/mol. The Hall–Kier alpha value is -1.77. The third kappa shape index (κ3) is 14.3. The van der Waals surface area contributed by atoms with Gasteiger partial charge in [-0.2, -0.15) is 35.4 Å². The zero-order valence-electron chi connectivity index (χ0n) is 20.2. The Bertz CT molecular complexity index is 761. The van der Waals surface area contributed by atoms with Crippen LogP contribution in [0.2, 0.25) is 0 Å². The second kappa shape index (κ2) is 21.1. The fraction of sp³-hybridized carbons (Fsp3) is 0.200. The summed E-state index contributed by atoms with van der Waals surface area (Å²) in [6.45, 7) is 4.40. The Labute approximate surface area is 219 Å². The second-order valence-electron chi connectivity index (χ2n) is 6.94. The number of benzene rings is 2. The first-order chi connectivity index (χ1) is 14.3. The van der Waals surface area contributed by atoms with Crippen molar-refractivity contribution < 1.29 is 25.8 Å². The van der Waals surface area contributed by atoms with Crippen LogP contribution in [-0.4, -0.2) is 9.52 Å². The molecule has 4 aromatic rings. The third-order valence-corrected chi connectivity index (χ3v) is 5.62. The van der Waals surface area contributed by atoms with Crippen molar-refractivity contribution in [2.24, 2.45) is 0 Å². The summed E-state index contributed by atoms with van der Waals surface area (Å²) in [4.78, 5) is 0. The fourth-order valence-electron chi connectivity index (χ4n) is 2.95. The van der Waals surface area contributed by atoms with E-state index in [4.69, 9.17) is 0 Å². The summed E-state index contributed by atoms with van der Waals surface area (Å²) in [6, 6.07) is 38.2. The molecule has 0 N–H and O–H groups in total.